The Bertz CT molecular complexity index is 2360. The third-order valence-corrected chi connectivity index (χ3v) is 18.2. The number of rotatable bonds is 19. The van der Waals surface area contributed by atoms with Gasteiger partial charge >= 0.3 is 5.97 Å². The zero-order valence-electron chi connectivity index (χ0n) is 51.1. The van der Waals surface area contributed by atoms with Gasteiger partial charge in [0.15, 0.2) is 12.6 Å². The van der Waals surface area contributed by atoms with Gasteiger partial charge in [0.25, 0.3) is 0 Å². The van der Waals surface area contributed by atoms with Crippen LogP contribution in [0, 0.1) is 23.7 Å². The molecule has 0 spiro atoms. The molecule has 5 N–H and O–H groups in total. The van der Waals surface area contributed by atoms with Gasteiger partial charge in [-0.3, -0.25) is 9.59 Å². The smallest absolute Gasteiger partial charge is 0.311 e. The SMILES string of the molecule is CC[C@H]1OC(=O)[C@H](C)[C@@H](O[C@H]2C[C@@](C)(OC)[C@@H](O)[C@H](C)O2)[C@H](C)[C@@H](O[C@@H]2O[C@H](C)C[C@H](N(C)CCc3cn([C@H](CF)[C@H](OC)c4ccc(C5CCN(C(C)=O)CC5)cc4)nn3)[C@H]2O)[C@](C)(O)C[C@@H](C)/C(=N\OCOC)[C@H](C)[C@@H](O)[C@]1(C)O. The summed E-state index contributed by atoms with van der Waals surface area (Å²) in [5, 5.41) is 73.8. The van der Waals surface area contributed by atoms with E-state index in [4.69, 9.17) is 42.7 Å². The second-order valence-electron chi connectivity index (χ2n) is 24.4. The molecule has 4 saturated heterocycles. The van der Waals surface area contributed by atoms with E-state index < -0.39 is 133 Å². The van der Waals surface area contributed by atoms with Crippen molar-refractivity contribution >= 4 is 17.6 Å². The van der Waals surface area contributed by atoms with Crippen LogP contribution in [0.15, 0.2) is 35.6 Å². The van der Waals surface area contributed by atoms with E-state index in [-0.39, 0.29) is 37.7 Å². The Labute approximate surface area is 484 Å². The van der Waals surface area contributed by atoms with Crippen LogP contribution >= 0.6 is 0 Å². The summed E-state index contributed by atoms with van der Waals surface area (Å²) in [6.07, 6.45) is -7.48. The lowest BCUT2D eigenvalue weighted by Crippen LogP contribution is -2.61. The summed E-state index contributed by atoms with van der Waals surface area (Å²) in [6.45, 7) is 19.2. The number of carbonyl (C=O) groups is 2. The van der Waals surface area contributed by atoms with Crippen LogP contribution < -0.4 is 0 Å². The second-order valence-corrected chi connectivity index (χ2v) is 24.4. The first kappa shape index (κ1) is 67.3. The van der Waals surface area contributed by atoms with Crippen molar-refractivity contribution in [3.63, 3.8) is 0 Å². The topological polar surface area (TPSA) is 268 Å². The van der Waals surface area contributed by atoms with E-state index in [1.807, 2.05) is 35.9 Å². The third kappa shape index (κ3) is 15.6. The number of alkyl halides is 1. The lowest BCUT2D eigenvalue weighted by Gasteiger charge is -2.49. The number of halogens is 1. The Hall–Kier alpha value is -3.82. The standard InChI is InChI=1S/C59H97FN6O16/c1-16-46-59(11,73)52(69)35(4)48(62-77-32-74-13)33(2)28-57(9,72)54(36(5)50(37(6)55(71)80-46)81-47-29-58(10,76-15)53(70)38(7)79-47)82-56-49(68)44(27-34(3)78-56)64(12)24-23-43-31-66(63-61-43)45(30-60)51(75-14)42-19-17-40(18-20-42)41-21-25-65(26-22-41)39(8)67/h17-20,31,33-38,41,44-47,49-54,56,68-70,72-73H,16,21-30,32H2,1-15H3/b62-48+/t33-,34-,35+,36+,37-,38+,44+,45-,46-,47+,49-,50+,51-,52-,53+,54-,56+,57-,58-,59-/m1/s1. The summed E-state index contributed by atoms with van der Waals surface area (Å²) in [5.74, 6) is -4.02. The molecule has 0 unspecified atom stereocenters. The number of ether oxygens (including phenoxy) is 8. The molecule has 0 saturated carbocycles. The molecule has 4 aliphatic heterocycles. The van der Waals surface area contributed by atoms with Crippen molar-refractivity contribution in [1.82, 2.24) is 24.8 Å². The molecule has 1 aromatic heterocycles. The first-order valence-electron chi connectivity index (χ1n) is 29.3. The number of nitrogens with zero attached hydrogens (tertiary/aromatic N) is 6. The predicted molar refractivity (Wildman–Crippen MR) is 300 cm³/mol. The Balaban J connectivity index is 1.26. The number of esters is 1. The van der Waals surface area contributed by atoms with E-state index in [0.29, 0.717) is 31.0 Å². The number of hydrogen-bond acceptors (Lipinski definition) is 20. The van der Waals surface area contributed by atoms with Crippen LogP contribution in [0.3, 0.4) is 0 Å². The maximum Gasteiger partial charge on any atom is 0.311 e. The van der Waals surface area contributed by atoms with Gasteiger partial charge in [0.2, 0.25) is 12.7 Å². The number of carbonyl (C=O) groups excluding carboxylic acids is 2. The molecule has 4 aliphatic rings. The molecule has 0 bridgehead atoms. The van der Waals surface area contributed by atoms with Crippen molar-refractivity contribution < 1.29 is 82.2 Å². The lowest BCUT2D eigenvalue weighted by molar-refractivity contribution is -0.318. The monoisotopic (exact) mass is 1160 g/mol. The number of hydrogen-bond donors (Lipinski definition) is 5. The molecule has 20 atom stereocenters. The molecule has 466 valence electrons. The number of benzene rings is 1. The van der Waals surface area contributed by atoms with Gasteiger partial charge in [-0.1, -0.05) is 62.3 Å². The number of cyclic esters (lactones) is 1. The van der Waals surface area contributed by atoms with Crippen LogP contribution in [0.5, 0.6) is 0 Å². The number of methoxy groups -OCH3 is 3. The molecule has 23 heteroatoms. The summed E-state index contributed by atoms with van der Waals surface area (Å²) in [4.78, 5) is 35.9. The van der Waals surface area contributed by atoms with Gasteiger partial charge in [0.05, 0.1) is 59.0 Å². The zero-order valence-corrected chi connectivity index (χ0v) is 51.1. The fourth-order valence-electron chi connectivity index (χ4n) is 13.0. The Morgan fingerprint density at radius 1 is 0.951 bits per heavy atom. The maximum atomic E-state index is 15.1. The molecule has 4 fully saturated rings. The van der Waals surface area contributed by atoms with E-state index >= 15 is 4.39 Å². The van der Waals surface area contributed by atoms with Crippen LogP contribution in [-0.2, 0) is 58.7 Å². The van der Waals surface area contributed by atoms with E-state index in [9.17, 15) is 35.1 Å². The van der Waals surface area contributed by atoms with Crippen LogP contribution in [-0.4, -0.2) is 214 Å². The number of likely N-dealkylation sites (tertiary alicyclic amines) is 1. The number of aromatic nitrogens is 3. The molecule has 1 aromatic carbocycles. The molecule has 5 heterocycles. The summed E-state index contributed by atoms with van der Waals surface area (Å²) in [5.41, 5.74) is -2.15. The van der Waals surface area contributed by atoms with Gasteiger partial charge in [-0.05, 0) is 97.7 Å². The van der Waals surface area contributed by atoms with Crippen LogP contribution in [0.2, 0.25) is 0 Å². The van der Waals surface area contributed by atoms with Crippen LogP contribution in [0.25, 0.3) is 0 Å². The maximum absolute atomic E-state index is 15.1. The van der Waals surface area contributed by atoms with E-state index in [1.54, 1.807) is 75.6 Å². The molecule has 82 heavy (non-hydrogen) atoms. The number of oxime groups is 1. The van der Waals surface area contributed by atoms with E-state index in [2.05, 4.69) is 27.6 Å². The van der Waals surface area contributed by atoms with Crippen molar-refractivity contribution in [1.29, 1.82) is 0 Å². The molecule has 22 nitrogen and oxygen atoms in total. The molecule has 0 aliphatic carbocycles. The largest absolute Gasteiger partial charge is 0.459 e. The molecule has 6 rings (SSSR count). The first-order chi connectivity index (χ1) is 38.7. The molecule has 1 amide bonds. The first-order valence-corrected chi connectivity index (χ1v) is 29.3. The van der Waals surface area contributed by atoms with Gasteiger partial charge in [0, 0.05) is 90.7 Å². The number of aliphatic hydroxyl groups is 5. The van der Waals surface area contributed by atoms with Crippen LogP contribution in [0.1, 0.15) is 150 Å². The fourth-order valence-corrected chi connectivity index (χ4v) is 13.0. The summed E-state index contributed by atoms with van der Waals surface area (Å²) in [7, 11) is 6.32. The highest BCUT2D eigenvalue weighted by molar-refractivity contribution is 5.88. The second kappa shape index (κ2) is 29.0. The number of aliphatic hydroxyl groups excluding tert-OH is 3. The van der Waals surface area contributed by atoms with Crippen molar-refractivity contribution in [3.05, 3.63) is 47.3 Å². The highest BCUT2D eigenvalue weighted by Gasteiger charge is 2.54. The Morgan fingerprint density at radius 3 is 2.22 bits per heavy atom. The molecular weight excluding hydrogens is 1070 g/mol. The van der Waals surface area contributed by atoms with Crippen molar-refractivity contribution in [3.8, 4) is 0 Å². The molecule has 0 radical (unpaired) electrons. The van der Waals surface area contributed by atoms with Gasteiger partial charge in [-0.25, -0.2) is 9.07 Å². The van der Waals surface area contributed by atoms with E-state index in [1.165, 1.54) is 31.4 Å². The van der Waals surface area contributed by atoms with Crippen molar-refractivity contribution in [2.24, 2.45) is 28.8 Å². The predicted octanol–water partition coefficient (Wildman–Crippen LogP) is 5.02. The highest BCUT2D eigenvalue weighted by atomic mass is 19.1. The van der Waals surface area contributed by atoms with E-state index in [0.717, 1.165) is 31.5 Å². The highest BCUT2D eigenvalue weighted by Crippen LogP contribution is 2.42. The van der Waals surface area contributed by atoms with Gasteiger partial charge < -0.3 is 78.1 Å². The normalized spacial score (nSPS) is 38.0. The fraction of sp³-hybridized carbons (Fsp3) is 0.814. The average Bonchev–Trinajstić information content (AvgIpc) is 4.08. The molecular formula is C59H97FN6O16. The Morgan fingerprint density at radius 2 is 1.62 bits per heavy atom. The van der Waals surface area contributed by atoms with Crippen LogP contribution in [0.4, 0.5) is 4.39 Å². The zero-order chi connectivity index (χ0) is 60.6. The number of likely N-dealkylation sites (N-methyl/N-ethyl adjacent to an activating group) is 1. The van der Waals surface area contributed by atoms with Crippen molar-refractivity contribution in [2.75, 3.05) is 61.5 Å². The average molecular weight is 1170 g/mol. The van der Waals surface area contributed by atoms with Crippen molar-refractivity contribution in [2.45, 2.75) is 223 Å². The summed E-state index contributed by atoms with van der Waals surface area (Å²) in [6, 6.07) is 6.68. The minimum Gasteiger partial charge on any atom is -0.459 e. The minimum atomic E-state index is -2.00. The summed E-state index contributed by atoms with van der Waals surface area (Å²) < 4.78 is 66.0. The minimum absolute atomic E-state index is 0.0486. The number of piperidine rings is 1. The molecule has 2 aromatic rings. The lowest BCUT2D eigenvalue weighted by atomic mass is 9.73. The Kier molecular flexibility index (Phi) is 23.8. The number of amides is 1. The van der Waals surface area contributed by atoms with Gasteiger partial charge in [0.1, 0.15) is 42.7 Å². The third-order valence-electron chi connectivity index (χ3n) is 18.2. The van der Waals surface area contributed by atoms with Gasteiger partial charge in [-0.2, -0.15) is 0 Å². The quantitative estimate of drug-likeness (QED) is 0.0535. The summed E-state index contributed by atoms with van der Waals surface area (Å²) >= 11 is 0. The van der Waals surface area contributed by atoms with Gasteiger partial charge in [-0.15, -0.1) is 5.10 Å².